The molecule has 0 N–H and O–H groups in total. The van der Waals surface area contributed by atoms with Gasteiger partial charge in [-0.05, 0) is 104 Å². The lowest BCUT2D eigenvalue weighted by molar-refractivity contribution is 0.312. The van der Waals surface area contributed by atoms with Crippen molar-refractivity contribution in [3.8, 4) is 6.07 Å². The van der Waals surface area contributed by atoms with E-state index in [-0.39, 0.29) is 12.2 Å². The minimum atomic E-state index is -0.879. The van der Waals surface area contributed by atoms with Gasteiger partial charge in [0, 0.05) is 5.39 Å². The summed E-state index contributed by atoms with van der Waals surface area (Å²) >= 11 is 0. The monoisotopic (exact) mass is 461 g/mol. The second kappa shape index (κ2) is 10.9. The maximum atomic E-state index is 15.2. The van der Waals surface area contributed by atoms with E-state index in [0.717, 1.165) is 23.4 Å². The summed E-state index contributed by atoms with van der Waals surface area (Å²) in [6.07, 6.45) is 12.3. The molecular weight excluding hydrogens is 431 g/mol. The van der Waals surface area contributed by atoms with Crippen molar-refractivity contribution in [2.45, 2.75) is 64.2 Å². The fourth-order valence-corrected chi connectivity index (χ4v) is 5.24. The minimum absolute atomic E-state index is 0.272. The predicted molar refractivity (Wildman–Crippen MR) is 131 cm³/mol. The third kappa shape index (κ3) is 5.36. The van der Waals surface area contributed by atoms with Crippen molar-refractivity contribution in [3.05, 3.63) is 94.3 Å². The minimum Gasteiger partial charge on any atom is -0.206 e. The standard InChI is InChI=1S/C30H30F3N/c1-2-3-4-5-20-6-9-22(10-7-20)24-14-15-26-25(18-24)13-12-23(30(26)33)11-8-21-16-28(31)27(19-34)29(32)17-21/h2-3,12-18,20,22H,4-11H2,1H3/b3-2+. The Kier molecular flexibility index (Phi) is 7.73. The molecule has 34 heavy (non-hydrogen) atoms. The number of nitriles is 1. The third-order valence-electron chi connectivity index (χ3n) is 7.25. The first-order chi connectivity index (χ1) is 16.5. The molecule has 0 bridgehead atoms. The van der Waals surface area contributed by atoms with E-state index in [4.69, 9.17) is 5.26 Å². The smallest absolute Gasteiger partial charge is 0.144 e. The normalized spacial score (nSPS) is 18.4. The Hall–Kier alpha value is -3.06. The van der Waals surface area contributed by atoms with Crippen LogP contribution in [0.25, 0.3) is 10.8 Å². The second-order valence-corrected chi connectivity index (χ2v) is 9.43. The molecule has 4 heteroatoms. The number of aryl methyl sites for hydroxylation is 2. The van der Waals surface area contributed by atoms with Crippen LogP contribution in [-0.2, 0) is 12.8 Å². The van der Waals surface area contributed by atoms with Crippen LogP contribution in [0, 0.1) is 34.7 Å². The van der Waals surface area contributed by atoms with Gasteiger partial charge in [0.1, 0.15) is 29.1 Å². The van der Waals surface area contributed by atoms with Gasteiger partial charge in [-0.25, -0.2) is 13.2 Å². The molecule has 3 aromatic rings. The van der Waals surface area contributed by atoms with Crippen molar-refractivity contribution in [2.24, 2.45) is 5.92 Å². The summed E-state index contributed by atoms with van der Waals surface area (Å²) in [5.41, 5.74) is 1.63. The highest BCUT2D eigenvalue weighted by atomic mass is 19.1. The number of halogens is 3. The lowest BCUT2D eigenvalue weighted by atomic mass is 9.77. The molecule has 176 valence electrons. The average Bonchev–Trinajstić information content (AvgIpc) is 2.84. The number of rotatable bonds is 7. The van der Waals surface area contributed by atoms with Crippen molar-refractivity contribution in [1.82, 2.24) is 0 Å². The van der Waals surface area contributed by atoms with Gasteiger partial charge in [-0.1, -0.05) is 42.5 Å². The molecule has 1 fully saturated rings. The van der Waals surface area contributed by atoms with Gasteiger partial charge in [-0.3, -0.25) is 0 Å². The molecule has 1 saturated carbocycles. The molecule has 1 nitrogen and oxygen atoms in total. The maximum absolute atomic E-state index is 15.2. The highest BCUT2D eigenvalue weighted by Crippen LogP contribution is 2.38. The van der Waals surface area contributed by atoms with Crippen LogP contribution in [0.1, 0.15) is 73.6 Å². The van der Waals surface area contributed by atoms with Crippen molar-refractivity contribution < 1.29 is 13.2 Å². The lowest BCUT2D eigenvalue weighted by Gasteiger charge is -2.29. The molecule has 0 aromatic heterocycles. The molecule has 0 aliphatic heterocycles. The summed E-state index contributed by atoms with van der Waals surface area (Å²) in [7, 11) is 0. The first kappa shape index (κ1) is 24.1. The Labute approximate surface area is 199 Å². The summed E-state index contributed by atoms with van der Waals surface area (Å²) in [4.78, 5) is 0. The fraction of sp³-hybridized carbons (Fsp3) is 0.367. The van der Waals surface area contributed by atoms with E-state index in [1.807, 2.05) is 12.1 Å². The van der Waals surface area contributed by atoms with E-state index in [2.05, 4.69) is 31.2 Å². The van der Waals surface area contributed by atoms with Gasteiger partial charge in [0.2, 0.25) is 0 Å². The van der Waals surface area contributed by atoms with Gasteiger partial charge in [0.05, 0.1) is 0 Å². The van der Waals surface area contributed by atoms with Gasteiger partial charge in [0.15, 0.2) is 0 Å². The molecule has 1 aliphatic carbocycles. The zero-order valence-corrected chi connectivity index (χ0v) is 19.6. The number of benzene rings is 3. The van der Waals surface area contributed by atoms with E-state index in [9.17, 15) is 8.78 Å². The Morgan fingerprint density at radius 2 is 1.68 bits per heavy atom. The predicted octanol–water partition coefficient (Wildman–Crippen LogP) is 8.54. The molecule has 0 unspecified atom stereocenters. The third-order valence-corrected chi connectivity index (χ3v) is 7.25. The quantitative estimate of drug-likeness (QED) is 0.323. The molecular formula is C30H30F3N. The summed E-state index contributed by atoms with van der Waals surface area (Å²) in [6.45, 7) is 2.07. The Bertz CT molecular complexity index is 1210. The Morgan fingerprint density at radius 1 is 0.941 bits per heavy atom. The van der Waals surface area contributed by atoms with Crippen LogP contribution in [0.4, 0.5) is 13.2 Å². The number of allylic oxidation sites excluding steroid dienone is 2. The summed E-state index contributed by atoms with van der Waals surface area (Å²) < 4.78 is 43.0. The van der Waals surface area contributed by atoms with Crippen molar-refractivity contribution in [3.63, 3.8) is 0 Å². The zero-order valence-electron chi connectivity index (χ0n) is 19.6. The van der Waals surface area contributed by atoms with Crippen molar-refractivity contribution >= 4 is 10.8 Å². The Balaban J connectivity index is 1.44. The van der Waals surface area contributed by atoms with Crippen LogP contribution in [0.3, 0.4) is 0 Å². The summed E-state index contributed by atoms with van der Waals surface area (Å²) in [5, 5.41) is 10.3. The molecule has 0 heterocycles. The summed E-state index contributed by atoms with van der Waals surface area (Å²) in [5.74, 6) is -0.685. The van der Waals surface area contributed by atoms with E-state index in [1.54, 1.807) is 6.07 Å². The molecule has 4 rings (SSSR count). The molecule has 0 spiro atoms. The van der Waals surface area contributed by atoms with Crippen molar-refractivity contribution in [1.29, 1.82) is 5.26 Å². The highest BCUT2D eigenvalue weighted by Gasteiger charge is 2.22. The SMILES string of the molecule is C/C=C/CCC1CCC(c2ccc3c(F)c(CCc4cc(F)c(C#N)c(F)c4)ccc3c2)CC1. The second-order valence-electron chi connectivity index (χ2n) is 9.43. The van der Waals surface area contributed by atoms with E-state index in [0.29, 0.717) is 28.9 Å². The lowest BCUT2D eigenvalue weighted by Crippen LogP contribution is -2.13. The van der Waals surface area contributed by atoms with Crippen molar-refractivity contribution in [2.75, 3.05) is 0 Å². The van der Waals surface area contributed by atoms with Gasteiger partial charge < -0.3 is 0 Å². The van der Waals surface area contributed by atoms with E-state index >= 15 is 4.39 Å². The zero-order chi connectivity index (χ0) is 24.1. The number of hydrogen-bond donors (Lipinski definition) is 0. The van der Waals surface area contributed by atoms with Crippen LogP contribution in [0.5, 0.6) is 0 Å². The van der Waals surface area contributed by atoms with Gasteiger partial charge in [0.25, 0.3) is 0 Å². The topological polar surface area (TPSA) is 23.8 Å². The van der Waals surface area contributed by atoms with E-state index < -0.39 is 17.2 Å². The number of nitrogens with zero attached hydrogens (tertiary/aromatic N) is 1. The van der Waals surface area contributed by atoms with Gasteiger partial charge in [-0.15, -0.1) is 0 Å². The highest BCUT2D eigenvalue weighted by molar-refractivity contribution is 5.84. The molecule has 1 aliphatic rings. The largest absolute Gasteiger partial charge is 0.206 e. The van der Waals surface area contributed by atoms with Crippen LogP contribution in [-0.4, -0.2) is 0 Å². The molecule has 0 radical (unpaired) electrons. The number of hydrogen-bond acceptors (Lipinski definition) is 1. The molecule has 0 amide bonds. The van der Waals surface area contributed by atoms with E-state index in [1.165, 1.54) is 50.2 Å². The molecule has 0 atom stereocenters. The summed E-state index contributed by atoms with van der Waals surface area (Å²) in [6, 6.07) is 13.6. The van der Waals surface area contributed by atoms with Crippen LogP contribution in [0.15, 0.2) is 54.6 Å². The van der Waals surface area contributed by atoms with Gasteiger partial charge >= 0.3 is 0 Å². The van der Waals surface area contributed by atoms with Crippen LogP contribution in [0.2, 0.25) is 0 Å². The number of fused-ring (bicyclic) bond motifs is 1. The van der Waals surface area contributed by atoms with Gasteiger partial charge in [-0.2, -0.15) is 5.26 Å². The van der Waals surface area contributed by atoms with Crippen LogP contribution >= 0.6 is 0 Å². The molecule has 3 aromatic carbocycles. The first-order valence-corrected chi connectivity index (χ1v) is 12.2. The Morgan fingerprint density at radius 3 is 2.35 bits per heavy atom. The maximum Gasteiger partial charge on any atom is 0.144 e. The average molecular weight is 462 g/mol. The fourth-order valence-electron chi connectivity index (χ4n) is 5.24. The molecule has 0 saturated heterocycles. The first-order valence-electron chi connectivity index (χ1n) is 12.2. The van der Waals surface area contributed by atoms with Crippen LogP contribution < -0.4 is 0 Å².